The van der Waals surface area contributed by atoms with Crippen molar-refractivity contribution in [2.24, 2.45) is 0 Å². The zero-order chi connectivity index (χ0) is 37.9. The van der Waals surface area contributed by atoms with Gasteiger partial charge in [-0.3, -0.25) is 0 Å². The maximum atomic E-state index is 5.41. The lowest BCUT2D eigenvalue weighted by molar-refractivity contribution is 0.715. The van der Waals surface area contributed by atoms with Gasteiger partial charge >= 0.3 is 0 Å². The SMILES string of the molecule is CC1(c2ccccc2)c2ccccc2-c2cccc(-c3cc(-c4cc(-c5ccccc5)cc(-c5ccc6sc7ccccc7c6c5)c4)nc(-c4ccccc4)n3)c21. The van der Waals surface area contributed by atoms with E-state index in [1.54, 1.807) is 0 Å². The smallest absolute Gasteiger partial charge is 0.160 e. The minimum atomic E-state index is -0.382. The molecule has 2 nitrogen and oxygen atoms in total. The molecule has 3 heteroatoms. The molecule has 2 aromatic heterocycles. The summed E-state index contributed by atoms with van der Waals surface area (Å²) in [6, 6.07) is 72.3. The molecule has 11 rings (SSSR count). The molecule has 0 bridgehead atoms. The molecule has 57 heavy (non-hydrogen) atoms. The van der Waals surface area contributed by atoms with Gasteiger partial charge in [-0.05, 0) is 99.5 Å². The summed E-state index contributed by atoms with van der Waals surface area (Å²) in [5.74, 6) is 0.704. The van der Waals surface area contributed by atoms with E-state index in [0.29, 0.717) is 5.82 Å². The van der Waals surface area contributed by atoms with E-state index in [9.17, 15) is 0 Å². The van der Waals surface area contributed by atoms with Gasteiger partial charge in [-0.15, -0.1) is 11.3 Å². The maximum Gasteiger partial charge on any atom is 0.160 e. The highest BCUT2D eigenvalue weighted by atomic mass is 32.1. The fourth-order valence-corrected chi connectivity index (χ4v) is 10.1. The molecule has 0 amide bonds. The van der Waals surface area contributed by atoms with E-state index in [1.165, 1.54) is 53.6 Å². The van der Waals surface area contributed by atoms with Crippen molar-refractivity contribution in [3.8, 4) is 67.3 Å². The van der Waals surface area contributed by atoms with Crippen LogP contribution in [0.2, 0.25) is 0 Å². The molecule has 1 unspecified atom stereocenters. The van der Waals surface area contributed by atoms with Crippen molar-refractivity contribution in [1.29, 1.82) is 0 Å². The molecule has 1 atom stereocenters. The van der Waals surface area contributed by atoms with E-state index in [2.05, 4.69) is 201 Å². The van der Waals surface area contributed by atoms with Crippen LogP contribution in [0.4, 0.5) is 0 Å². The summed E-state index contributed by atoms with van der Waals surface area (Å²) in [6.45, 7) is 2.37. The Kier molecular flexibility index (Phi) is 7.84. The lowest BCUT2D eigenvalue weighted by Crippen LogP contribution is -2.23. The van der Waals surface area contributed by atoms with Gasteiger partial charge in [-0.25, -0.2) is 9.97 Å². The Bertz CT molecular complexity index is 3130. The average molecular weight is 745 g/mol. The van der Waals surface area contributed by atoms with Gasteiger partial charge in [0, 0.05) is 42.3 Å². The Morgan fingerprint density at radius 1 is 0.386 bits per heavy atom. The van der Waals surface area contributed by atoms with E-state index < -0.39 is 0 Å². The Morgan fingerprint density at radius 2 is 0.982 bits per heavy atom. The van der Waals surface area contributed by atoms with Crippen LogP contribution >= 0.6 is 11.3 Å². The molecule has 0 fully saturated rings. The van der Waals surface area contributed by atoms with Gasteiger partial charge in [0.1, 0.15) is 0 Å². The topological polar surface area (TPSA) is 25.8 Å². The highest BCUT2D eigenvalue weighted by molar-refractivity contribution is 7.25. The first-order valence-electron chi connectivity index (χ1n) is 19.5. The molecule has 8 aromatic carbocycles. The van der Waals surface area contributed by atoms with Crippen LogP contribution in [0, 0.1) is 0 Å². The van der Waals surface area contributed by atoms with Crippen LogP contribution in [0.1, 0.15) is 23.6 Å². The number of rotatable bonds is 6. The van der Waals surface area contributed by atoms with Gasteiger partial charge in [0.05, 0.1) is 11.4 Å². The second-order valence-corrected chi connectivity index (χ2v) is 16.2. The Labute approximate surface area is 336 Å². The quantitative estimate of drug-likeness (QED) is 0.169. The zero-order valence-corrected chi connectivity index (χ0v) is 32.2. The van der Waals surface area contributed by atoms with E-state index in [4.69, 9.17) is 9.97 Å². The third-order valence-electron chi connectivity index (χ3n) is 11.8. The highest BCUT2D eigenvalue weighted by Crippen LogP contribution is 2.55. The Hall–Kier alpha value is -6.94. The van der Waals surface area contributed by atoms with Crippen LogP contribution in [0.15, 0.2) is 200 Å². The predicted molar refractivity (Wildman–Crippen MR) is 240 cm³/mol. The normalized spacial score (nSPS) is 14.5. The number of nitrogens with zero attached hydrogens (tertiary/aromatic N) is 2. The third-order valence-corrected chi connectivity index (χ3v) is 12.9. The number of hydrogen-bond acceptors (Lipinski definition) is 3. The van der Waals surface area contributed by atoms with Crippen LogP contribution in [0.5, 0.6) is 0 Å². The first-order valence-corrected chi connectivity index (χ1v) is 20.3. The largest absolute Gasteiger partial charge is 0.228 e. The van der Waals surface area contributed by atoms with Crippen molar-refractivity contribution in [2.45, 2.75) is 12.3 Å². The number of fused-ring (bicyclic) bond motifs is 6. The average Bonchev–Trinajstić information content (AvgIpc) is 3.80. The second-order valence-electron chi connectivity index (χ2n) is 15.1. The van der Waals surface area contributed by atoms with E-state index >= 15 is 0 Å². The Balaban J connectivity index is 1.16. The van der Waals surface area contributed by atoms with Gasteiger partial charge in [-0.2, -0.15) is 0 Å². The molecule has 2 heterocycles. The van der Waals surface area contributed by atoms with Crippen LogP contribution in [-0.4, -0.2) is 9.97 Å². The van der Waals surface area contributed by atoms with Crippen LogP contribution < -0.4 is 0 Å². The monoisotopic (exact) mass is 744 g/mol. The van der Waals surface area contributed by atoms with Crippen LogP contribution in [-0.2, 0) is 5.41 Å². The van der Waals surface area contributed by atoms with Gasteiger partial charge in [0.25, 0.3) is 0 Å². The first-order chi connectivity index (χ1) is 28.1. The molecule has 268 valence electrons. The minimum Gasteiger partial charge on any atom is -0.228 e. The van der Waals surface area contributed by atoms with Gasteiger partial charge in [-0.1, -0.05) is 158 Å². The van der Waals surface area contributed by atoms with Crippen LogP contribution in [0.3, 0.4) is 0 Å². The fraction of sp³-hybridized carbons (Fsp3) is 0.0370. The number of benzene rings is 8. The first kappa shape index (κ1) is 33.4. The predicted octanol–water partition coefficient (Wildman–Crippen LogP) is 14.5. The van der Waals surface area contributed by atoms with Crippen molar-refractivity contribution in [2.75, 3.05) is 0 Å². The van der Waals surface area contributed by atoms with Gasteiger partial charge < -0.3 is 0 Å². The molecular formula is C54H36N2S. The van der Waals surface area contributed by atoms with Gasteiger partial charge in [0.15, 0.2) is 5.82 Å². The molecule has 0 saturated heterocycles. The molecule has 0 spiro atoms. The third kappa shape index (κ3) is 5.54. The lowest BCUT2D eigenvalue weighted by atomic mass is 9.72. The van der Waals surface area contributed by atoms with Crippen molar-refractivity contribution in [1.82, 2.24) is 9.97 Å². The lowest BCUT2D eigenvalue weighted by Gasteiger charge is -2.30. The van der Waals surface area contributed by atoms with Crippen molar-refractivity contribution >= 4 is 31.5 Å². The second kappa shape index (κ2) is 13.4. The van der Waals surface area contributed by atoms with Crippen molar-refractivity contribution < 1.29 is 0 Å². The van der Waals surface area contributed by atoms with Crippen molar-refractivity contribution in [3.05, 3.63) is 217 Å². The molecule has 0 radical (unpaired) electrons. The summed E-state index contributed by atoms with van der Waals surface area (Å²) < 4.78 is 2.61. The number of aromatic nitrogens is 2. The molecule has 0 N–H and O–H groups in total. The van der Waals surface area contributed by atoms with Crippen LogP contribution in [0.25, 0.3) is 87.5 Å². The summed E-state index contributed by atoms with van der Waals surface area (Å²) in [5.41, 5.74) is 15.6. The van der Waals surface area contributed by atoms with Gasteiger partial charge in [0.2, 0.25) is 0 Å². The summed E-state index contributed by atoms with van der Waals surface area (Å²) in [4.78, 5) is 10.8. The minimum absolute atomic E-state index is 0.382. The van der Waals surface area contributed by atoms with E-state index in [0.717, 1.165) is 44.8 Å². The zero-order valence-electron chi connectivity index (χ0n) is 31.4. The molecule has 1 aliphatic carbocycles. The molecule has 1 aliphatic rings. The van der Waals surface area contributed by atoms with Crippen molar-refractivity contribution in [3.63, 3.8) is 0 Å². The maximum absolute atomic E-state index is 5.41. The number of thiophene rings is 1. The summed E-state index contributed by atoms with van der Waals surface area (Å²) in [6.07, 6.45) is 0. The summed E-state index contributed by atoms with van der Waals surface area (Å²) in [5, 5.41) is 2.59. The molecule has 0 aliphatic heterocycles. The fourth-order valence-electron chi connectivity index (χ4n) is 8.98. The standard InChI is InChI=1S/C54H36N2S/c1-54(41-20-9-4-10-21-41)47-26-13-11-22-42(47)44-24-15-25-45(52(44)54)49-34-48(55-53(56-49)36-18-7-3-8-19-36)40-31-38(35-16-5-2-6-17-35)30-39(32-40)37-28-29-51-46(33-37)43-23-12-14-27-50(43)57-51/h2-34H,1H3. The molecule has 0 saturated carbocycles. The molecule has 10 aromatic rings. The number of hydrogen-bond donors (Lipinski definition) is 0. The highest BCUT2D eigenvalue weighted by Gasteiger charge is 2.42. The summed E-state index contributed by atoms with van der Waals surface area (Å²) in [7, 11) is 0. The summed E-state index contributed by atoms with van der Waals surface area (Å²) >= 11 is 1.85. The van der Waals surface area contributed by atoms with E-state index in [1.807, 2.05) is 17.4 Å². The molecular weight excluding hydrogens is 709 g/mol. The van der Waals surface area contributed by atoms with E-state index in [-0.39, 0.29) is 5.41 Å². The Morgan fingerprint density at radius 3 is 1.79 bits per heavy atom.